The van der Waals surface area contributed by atoms with Crippen molar-refractivity contribution < 1.29 is 17.9 Å². The van der Waals surface area contributed by atoms with E-state index in [0.29, 0.717) is 24.6 Å². The maximum absolute atomic E-state index is 12.9. The summed E-state index contributed by atoms with van der Waals surface area (Å²) in [6.45, 7) is 2.12. The number of ether oxygens (including phenoxy) is 1. The van der Waals surface area contributed by atoms with E-state index in [1.807, 2.05) is 11.0 Å². The number of fused-ring (bicyclic) bond motifs is 1. The monoisotopic (exact) mass is 400 g/mol. The van der Waals surface area contributed by atoms with Crippen LogP contribution in [0.5, 0.6) is 5.75 Å². The first-order chi connectivity index (χ1) is 13.4. The zero-order chi connectivity index (χ0) is 19.9. The van der Waals surface area contributed by atoms with Crippen molar-refractivity contribution in [3.05, 3.63) is 59.2 Å². The first-order valence-electron chi connectivity index (χ1n) is 9.44. The number of carbonyl (C=O) groups is 1. The van der Waals surface area contributed by atoms with Gasteiger partial charge in [0.25, 0.3) is 5.91 Å². The van der Waals surface area contributed by atoms with Gasteiger partial charge in [-0.15, -0.1) is 0 Å². The smallest absolute Gasteiger partial charge is 0.253 e. The van der Waals surface area contributed by atoms with Crippen molar-refractivity contribution in [2.75, 3.05) is 33.8 Å². The average Bonchev–Trinajstić information content (AvgIpc) is 3.36. The van der Waals surface area contributed by atoms with Crippen LogP contribution in [0.15, 0.2) is 47.4 Å². The molecule has 7 heteroatoms. The molecule has 0 saturated carbocycles. The van der Waals surface area contributed by atoms with Crippen LogP contribution in [-0.2, 0) is 16.4 Å². The van der Waals surface area contributed by atoms with Crippen molar-refractivity contribution in [2.24, 2.45) is 0 Å². The van der Waals surface area contributed by atoms with Crippen LogP contribution in [-0.4, -0.2) is 57.3 Å². The fraction of sp³-hybridized carbons (Fsp3) is 0.381. The molecule has 2 aliphatic rings. The highest BCUT2D eigenvalue weighted by atomic mass is 32.2. The normalized spacial score (nSPS) is 19.0. The third-order valence-corrected chi connectivity index (χ3v) is 7.37. The van der Waals surface area contributed by atoms with Crippen LogP contribution < -0.4 is 4.74 Å². The summed E-state index contributed by atoms with van der Waals surface area (Å²) in [5, 5.41) is 0. The second kappa shape index (κ2) is 7.22. The Kier molecular flexibility index (Phi) is 4.89. The molecule has 0 bridgehead atoms. The van der Waals surface area contributed by atoms with Crippen LogP contribution in [0.1, 0.15) is 33.8 Å². The molecule has 1 amide bonds. The summed E-state index contributed by atoms with van der Waals surface area (Å²) >= 11 is 0. The summed E-state index contributed by atoms with van der Waals surface area (Å²) < 4.78 is 31.1. The summed E-state index contributed by atoms with van der Waals surface area (Å²) in [6.07, 6.45) is 1.87. The van der Waals surface area contributed by atoms with E-state index in [-0.39, 0.29) is 10.8 Å². The molecule has 2 aliphatic heterocycles. The summed E-state index contributed by atoms with van der Waals surface area (Å²) in [7, 11) is -0.510. The van der Waals surface area contributed by atoms with Gasteiger partial charge in [-0.1, -0.05) is 12.1 Å². The highest BCUT2D eigenvalue weighted by Gasteiger charge is 2.29. The van der Waals surface area contributed by atoms with Crippen molar-refractivity contribution in [1.29, 1.82) is 0 Å². The van der Waals surface area contributed by atoms with Gasteiger partial charge < -0.3 is 9.64 Å². The van der Waals surface area contributed by atoms with Crippen molar-refractivity contribution in [2.45, 2.75) is 23.7 Å². The minimum atomic E-state index is -3.49. The third-order valence-electron chi connectivity index (χ3n) is 5.54. The van der Waals surface area contributed by atoms with Gasteiger partial charge in [0.2, 0.25) is 10.0 Å². The summed E-state index contributed by atoms with van der Waals surface area (Å²) in [6, 6.07) is 12.5. The van der Waals surface area contributed by atoms with E-state index in [9.17, 15) is 13.2 Å². The van der Waals surface area contributed by atoms with E-state index in [1.165, 1.54) is 37.4 Å². The van der Waals surface area contributed by atoms with Gasteiger partial charge >= 0.3 is 0 Å². The maximum atomic E-state index is 12.9. The molecule has 0 aromatic heterocycles. The second-order valence-electron chi connectivity index (χ2n) is 7.51. The second-order valence-corrected chi connectivity index (χ2v) is 9.67. The molecule has 1 fully saturated rings. The van der Waals surface area contributed by atoms with Crippen LogP contribution in [0.2, 0.25) is 0 Å². The lowest BCUT2D eigenvalue weighted by atomic mass is 9.96. The molecule has 148 valence electrons. The number of likely N-dealkylation sites (tertiary alicyclic amines) is 1. The maximum Gasteiger partial charge on any atom is 0.253 e. The van der Waals surface area contributed by atoms with E-state index < -0.39 is 10.0 Å². The minimum Gasteiger partial charge on any atom is -0.493 e. The predicted molar refractivity (Wildman–Crippen MR) is 106 cm³/mol. The SMILES string of the molecule is CN(C)S(=O)(=O)c1ccc(C(=O)N2CC[C@@H](c3ccc4c(c3)CCO4)C2)cc1. The highest BCUT2D eigenvalue weighted by Crippen LogP contribution is 2.33. The van der Waals surface area contributed by atoms with E-state index in [2.05, 4.69) is 12.1 Å². The van der Waals surface area contributed by atoms with E-state index in [1.54, 1.807) is 12.1 Å². The van der Waals surface area contributed by atoms with Gasteiger partial charge in [0.15, 0.2) is 0 Å². The van der Waals surface area contributed by atoms with E-state index in [4.69, 9.17) is 4.74 Å². The number of rotatable bonds is 4. The van der Waals surface area contributed by atoms with Crippen LogP contribution >= 0.6 is 0 Å². The largest absolute Gasteiger partial charge is 0.493 e. The molecule has 4 rings (SSSR count). The summed E-state index contributed by atoms with van der Waals surface area (Å²) in [4.78, 5) is 14.9. The predicted octanol–water partition coefficient (Wildman–Crippen LogP) is 2.50. The van der Waals surface area contributed by atoms with Gasteiger partial charge in [-0.05, 0) is 47.9 Å². The third kappa shape index (κ3) is 3.40. The van der Waals surface area contributed by atoms with Crippen LogP contribution in [0.25, 0.3) is 0 Å². The number of benzene rings is 2. The van der Waals surface area contributed by atoms with Crippen molar-refractivity contribution in [3.8, 4) is 5.75 Å². The van der Waals surface area contributed by atoms with Gasteiger partial charge in [0.1, 0.15) is 5.75 Å². The number of nitrogens with zero attached hydrogens (tertiary/aromatic N) is 2. The van der Waals surface area contributed by atoms with Crippen molar-refractivity contribution in [3.63, 3.8) is 0 Å². The van der Waals surface area contributed by atoms with Gasteiger partial charge in [0, 0.05) is 45.1 Å². The number of sulfonamides is 1. The number of carbonyl (C=O) groups excluding carboxylic acids is 1. The van der Waals surface area contributed by atoms with Crippen molar-refractivity contribution >= 4 is 15.9 Å². The molecule has 0 unspecified atom stereocenters. The Labute approximate surface area is 165 Å². The number of amides is 1. The fourth-order valence-electron chi connectivity index (χ4n) is 3.84. The molecular weight excluding hydrogens is 376 g/mol. The van der Waals surface area contributed by atoms with Gasteiger partial charge in [0.05, 0.1) is 11.5 Å². The lowest BCUT2D eigenvalue weighted by Crippen LogP contribution is -2.28. The van der Waals surface area contributed by atoms with E-state index >= 15 is 0 Å². The number of hydrogen-bond donors (Lipinski definition) is 0. The summed E-state index contributed by atoms with van der Waals surface area (Å²) in [5.74, 6) is 1.24. The molecule has 0 radical (unpaired) electrons. The zero-order valence-electron chi connectivity index (χ0n) is 16.1. The zero-order valence-corrected chi connectivity index (χ0v) is 16.9. The lowest BCUT2D eigenvalue weighted by molar-refractivity contribution is 0.0790. The molecular formula is C21H24N2O4S. The van der Waals surface area contributed by atoms with E-state index in [0.717, 1.165) is 29.5 Å². The Morgan fingerprint density at radius 2 is 1.89 bits per heavy atom. The standard InChI is InChI=1S/C21H24N2O4S/c1-22(2)28(25,26)19-6-3-15(4-7-19)21(24)23-11-9-18(14-23)16-5-8-20-17(13-16)10-12-27-20/h3-8,13,18H,9-12,14H2,1-2H3/t18-/m1/s1. The quantitative estimate of drug-likeness (QED) is 0.791. The topological polar surface area (TPSA) is 66.9 Å². The Morgan fingerprint density at radius 1 is 1.14 bits per heavy atom. The molecule has 2 aromatic carbocycles. The molecule has 1 atom stereocenters. The minimum absolute atomic E-state index is 0.0548. The van der Waals surface area contributed by atoms with Crippen LogP contribution in [0.4, 0.5) is 0 Å². The van der Waals surface area contributed by atoms with Gasteiger partial charge in [-0.2, -0.15) is 0 Å². The molecule has 0 aliphatic carbocycles. The van der Waals surface area contributed by atoms with Crippen LogP contribution in [0.3, 0.4) is 0 Å². The average molecular weight is 401 g/mol. The first-order valence-corrected chi connectivity index (χ1v) is 10.9. The molecule has 28 heavy (non-hydrogen) atoms. The summed E-state index contributed by atoms with van der Waals surface area (Å²) in [5.41, 5.74) is 3.02. The van der Waals surface area contributed by atoms with Gasteiger partial charge in [-0.25, -0.2) is 12.7 Å². The Bertz CT molecular complexity index is 1000. The highest BCUT2D eigenvalue weighted by molar-refractivity contribution is 7.89. The first kappa shape index (κ1) is 19.0. The fourth-order valence-corrected chi connectivity index (χ4v) is 4.74. The van der Waals surface area contributed by atoms with Gasteiger partial charge in [-0.3, -0.25) is 4.79 Å². The molecule has 0 N–H and O–H groups in total. The lowest BCUT2D eigenvalue weighted by Gasteiger charge is -2.18. The van der Waals surface area contributed by atoms with Crippen molar-refractivity contribution in [1.82, 2.24) is 9.21 Å². The Balaban J connectivity index is 1.46. The number of hydrogen-bond acceptors (Lipinski definition) is 4. The molecule has 0 spiro atoms. The molecule has 1 saturated heterocycles. The molecule has 2 heterocycles. The molecule has 2 aromatic rings. The Morgan fingerprint density at radius 3 is 2.61 bits per heavy atom. The molecule has 6 nitrogen and oxygen atoms in total. The van der Waals surface area contributed by atoms with Crippen LogP contribution in [0, 0.1) is 0 Å². The Hall–Kier alpha value is -2.38.